The van der Waals surface area contributed by atoms with Crippen molar-refractivity contribution in [1.82, 2.24) is 0 Å². The molecule has 1 aromatic rings. The molecular weight excluding hydrogens is 274 g/mol. The maximum atomic E-state index is 13.3. The van der Waals surface area contributed by atoms with Crippen LogP contribution >= 0.6 is 0 Å². The van der Waals surface area contributed by atoms with E-state index in [0.717, 1.165) is 5.56 Å². The van der Waals surface area contributed by atoms with E-state index >= 15 is 0 Å². The van der Waals surface area contributed by atoms with Gasteiger partial charge in [0, 0.05) is 0 Å². The van der Waals surface area contributed by atoms with Gasteiger partial charge >= 0.3 is 0 Å². The highest BCUT2D eigenvalue weighted by Gasteiger charge is 2.24. The van der Waals surface area contributed by atoms with Crippen molar-refractivity contribution in [3.05, 3.63) is 29.8 Å². The highest BCUT2D eigenvalue weighted by molar-refractivity contribution is 7.86. The Morgan fingerprint density at radius 3 is 2.26 bits per heavy atom. The molecule has 0 amide bonds. The molecule has 0 radical (unpaired) electrons. The van der Waals surface area contributed by atoms with Crippen molar-refractivity contribution < 1.29 is 21.4 Å². The Labute approximate surface area is 112 Å². The minimum Gasteiger partial charge on any atom is -0.263 e. The summed E-state index contributed by atoms with van der Waals surface area (Å²) in [4.78, 5) is -0.0591. The van der Waals surface area contributed by atoms with Gasteiger partial charge in [-0.1, -0.05) is 31.0 Å². The zero-order valence-corrected chi connectivity index (χ0v) is 11.8. The Morgan fingerprint density at radius 1 is 1.16 bits per heavy atom. The van der Waals surface area contributed by atoms with Gasteiger partial charge < -0.3 is 0 Å². The monoisotopic (exact) mass is 292 g/mol. The van der Waals surface area contributed by atoms with Gasteiger partial charge in [0.25, 0.3) is 10.1 Å². The van der Waals surface area contributed by atoms with Gasteiger partial charge in [-0.2, -0.15) is 8.42 Å². The fraction of sp³-hybridized carbons (Fsp3) is 0.538. The van der Waals surface area contributed by atoms with E-state index in [1.165, 1.54) is 12.1 Å². The van der Waals surface area contributed by atoms with Crippen molar-refractivity contribution in [3.8, 4) is 0 Å². The van der Waals surface area contributed by atoms with E-state index in [1.807, 2.05) is 6.92 Å². The minimum atomic E-state index is -4.03. The predicted molar refractivity (Wildman–Crippen MR) is 69.0 cm³/mol. The Kier molecular flexibility index (Phi) is 5.87. The molecule has 0 aliphatic heterocycles. The Morgan fingerprint density at radius 2 is 1.74 bits per heavy atom. The highest BCUT2D eigenvalue weighted by Crippen LogP contribution is 2.16. The average Bonchev–Trinajstić information content (AvgIpc) is 2.37. The summed E-state index contributed by atoms with van der Waals surface area (Å²) in [5.74, 6) is 0. The quantitative estimate of drug-likeness (QED) is 0.725. The standard InChI is InChI=1S/C13H18F2O3S/c1-3-4-12(14)13(15)9-18-19(16,17)11-7-5-10(2)6-8-11/h5-8,12-13H,3-4,9H2,1-2H3/t12-,13-/m1/s1. The van der Waals surface area contributed by atoms with Crippen LogP contribution in [0.15, 0.2) is 29.2 Å². The number of hydrogen-bond acceptors (Lipinski definition) is 3. The molecule has 6 heteroatoms. The van der Waals surface area contributed by atoms with Crippen LogP contribution in [-0.2, 0) is 14.3 Å². The lowest BCUT2D eigenvalue weighted by molar-refractivity contribution is 0.106. The van der Waals surface area contributed by atoms with Crippen LogP contribution in [-0.4, -0.2) is 27.4 Å². The second-order valence-electron chi connectivity index (χ2n) is 4.37. The first-order chi connectivity index (χ1) is 8.86. The van der Waals surface area contributed by atoms with Crippen LogP contribution in [0.3, 0.4) is 0 Å². The molecule has 1 rings (SSSR count). The van der Waals surface area contributed by atoms with Gasteiger partial charge in [0.1, 0.15) is 12.8 Å². The van der Waals surface area contributed by atoms with Gasteiger partial charge in [-0.25, -0.2) is 8.78 Å². The topological polar surface area (TPSA) is 43.4 Å². The number of benzene rings is 1. The SMILES string of the molecule is CCC[C@@H](F)[C@H](F)COS(=O)(=O)c1ccc(C)cc1. The number of alkyl halides is 2. The molecule has 0 heterocycles. The molecule has 19 heavy (non-hydrogen) atoms. The zero-order valence-electron chi connectivity index (χ0n) is 11.0. The van der Waals surface area contributed by atoms with E-state index < -0.39 is 29.1 Å². The normalized spacial score (nSPS) is 15.2. The van der Waals surface area contributed by atoms with Gasteiger partial charge in [0.2, 0.25) is 0 Å². The minimum absolute atomic E-state index is 0.0507. The van der Waals surface area contributed by atoms with Crippen molar-refractivity contribution in [1.29, 1.82) is 0 Å². The summed E-state index contributed by atoms with van der Waals surface area (Å²) in [6.45, 7) is 2.74. The molecule has 2 atom stereocenters. The van der Waals surface area contributed by atoms with Crippen LogP contribution in [0.2, 0.25) is 0 Å². The fourth-order valence-corrected chi connectivity index (χ4v) is 2.40. The third-order valence-corrected chi connectivity index (χ3v) is 3.94. The van der Waals surface area contributed by atoms with Gasteiger partial charge in [-0.3, -0.25) is 4.18 Å². The second-order valence-corrected chi connectivity index (χ2v) is 5.99. The number of hydrogen-bond donors (Lipinski definition) is 0. The van der Waals surface area contributed by atoms with Gasteiger partial charge in [0.05, 0.1) is 4.90 Å². The lowest BCUT2D eigenvalue weighted by Gasteiger charge is -2.13. The molecule has 1 aromatic carbocycles. The lowest BCUT2D eigenvalue weighted by atomic mass is 10.1. The summed E-state index contributed by atoms with van der Waals surface area (Å²) in [6, 6.07) is 5.96. The van der Waals surface area contributed by atoms with Crippen molar-refractivity contribution in [2.75, 3.05) is 6.61 Å². The largest absolute Gasteiger partial charge is 0.297 e. The summed E-state index contributed by atoms with van der Waals surface area (Å²) in [6.07, 6.45) is -3.08. The third kappa shape index (κ3) is 4.87. The Balaban J connectivity index is 2.63. The second kappa shape index (κ2) is 6.96. The van der Waals surface area contributed by atoms with E-state index in [-0.39, 0.29) is 11.3 Å². The van der Waals surface area contributed by atoms with E-state index in [0.29, 0.717) is 6.42 Å². The van der Waals surface area contributed by atoms with Crippen LogP contribution in [0.5, 0.6) is 0 Å². The number of aryl methyl sites for hydroxylation is 1. The van der Waals surface area contributed by atoms with Crippen LogP contribution in [0.25, 0.3) is 0 Å². The first kappa shape index (κ1) is 16.0. The van der Waals surface area contributed by atoms with E-state index in [2.05, 4.69) is 4.18 Å². The summed E-state index contributed by atoms with van der Waals surface area (Å²) in [7, 11) is -4.03. The fourth-order valence-electron chi connectivity index (χ4n) is 1.49. The maximum absolute atomic E-state index is 13.3. The molecule has 0 bridgehead atoms. The summed E-state index contributed by atoms with van der Waals surface area (Å²) in [5.41, 5.74) is 0.897. The maximum Gasteiger partial charge on any atom is 0.297 e. The first-order valence-electron chi connectivity index (χ1n) is 6.11. The van der Waals surface area contributed by atoms with Crippen molar-refractivity contribution in [2.24, 2.45) is 0 Å². The molecule has 0 saturated heterocycles. The van der Waals surface area contributed by atoms with Gasteiger partial charge in [0.15, 0.2) is 6.17 Å². The smallest absolute Gasteiger partial charge is 0.263 e. The number of halogens is 2. The molecule has 0 aliphatic rings. The van der Waals surface area contributed by atoms with Crippen molar-refractivity contribution in [2.45, 2.75) is 43.9 Å². The molecule has 0 spiro atoms. The molecule has 0 unspecified atom stereocenters. The number of rotatable bonds is 7. The molecule has 0 aromatic heterocycles. The molecule has 0 fully saturated rings. The molecule has 0 saturated carbocycles. The molecule has 108 valence electrons. The Hall–Kier alpha value is -1.01. The van der Waals surface area contributed by atoms with Crippen LogP contribution in [0.4, 0.5) is 8.78 Å². The van der Waals surface area contributed by atoms with Crippen LogP contribution in [0, 0.1) is 6.92 Å². The van der Waals surface area contributed by atoms with E-state index in [9.17, 15) is 17.2 Å². The van der Waals surface area contributed by atoms with Crippen LogP contribution < -0.4 is 0 Å². The Bertz CT molecular complexity index is 485. The molecule has 0 N–H and O–H groups in total. The summed E-state index contributed by atoms with van der Waals surface area (Å²) in [5, 5.41) is 0. The predicted octanol–water partition coefficient (Wildman–Crippen LogP) is 3.18. The van der Waals surface area contributed by atoms with Crippen molar-refractivity contribution in [3.63, 3.8) is 0 Å². The van der Waals surface area contributed by atoms with Gasteiger partial charge in [-0.15, -0.1) is 0 Å². The van der Waals surface area contributed by atoms with Crippen LogP contribution in [0.1, 0.15) is 25.3 Å². The zero-order chi connectivity index (χ0) is 14.5. The molecule has 3 nitrogen and oxygen atoms in total. The average molecular weight is 292 g/mol. The van der Waals surface area contributed by atoms with E-state index in [4.69, 9.17) is 0 Å². The highest BCUT2D eigenvalue weighted by atomic mass is 32.2. The lowest BCUT2D eigenvalue weighted by Crippen LogP contribution is -2.24. The van der Waals surface area contributed by atoms with Gasteiger partial charge in [-0.05, 0) is 25.5 Å². The first-order valence-corrected chi connectivity index (χ1v) is 7.52. The molecule has 0 aliphatic carbocycles. The third-order valence-electron chi connectivity index (χ3n) is 2.65. The van der Waals surface area contributed by atoms with Crippen molar-refractivity contribution >= 4 is 10.1 Å². The van der Waals surface area contributed by atoms with E-state index in [1.54, 1.807) is 19.1 Å². The molecular formula is C13H18F2O3S. The summed E-state index contributed by atoms with van der Waals surface area (Å²) < 4.78 is 54.5. The summed E-state index contributed by atoms with van der Waals surface area (Å²) >= 11 is 0.